The summed E-state index contributed by atoms with van der Waals surface area (Å²) in [6.07, 6.45) is 2.17. The van der Waals surface area contributed by atoms with Gasteiger partial charge in [-0.2, -0.15) is 0 Å². The second-order valence-electron chi connectivity index (χ2n) is 7.42. The van der Waals surface area contributed by atoms with E-state index in [9.17, 15) is 14.4 Å². The van der Waals surface area contributed by atoms with Gasteiger partial charge < -0.3 is 0 Å². The highest BCUT2D eigenvalue weighted by Crippen LogP contribution is 2.29. The largest absolute Gasteiger partial charge is 0.335 e. The minimum atomic E-state index is -0.733. The maximum absolute atomic E-state index is 13.1. The molecule has 0 atom stereocenters. The van der Waals surface area contributed by atoms with Crippen molar-refractivity contribution in [2.24, 2.45) is 0 Å². The molecule has 1 aliphatic heterocycles. The van der Waals surface area contributed by atoms with Crippen LogP contribution in [-0.2, 0) is 16.0 Å². The fourth-order valence-corrected chi connectivity index (χ4v) is 4.26. The van der Waals surface area contributed by atoms with E-state index in [1.807, 2.05) is 43.3 Å². The molecule has 0 unspecified atom stereocenters. The maximum atomic E-state index is 13.1. The molecule has 0 radical (unpaired) electrons. The molecular formula is C26H22N2O3S. The standard InChI is InChI=1S/C26H22N2O3S/c1-3-19-6-4-5-7-23(19)28-25(30)22(24(29)27-26(28)31)16-18-10-14-21(15-11-18)32-20-12-8-17(2)9-13-20/h4-16H,3H2,1-2H3,(H,27,29,31)/b22-16+. The first kappa shape index (κ1) is 21.6. The van der Waals surface area contributed by atoms with Crippen molar-refractivity contribution in [3.05, 3.63) is 95.1 Å². The second-order valence-corrected chi connectivity index (χ2v) is 8.57. The summed E-state index contributed by atoms with van der Waals surface area (Å²) in [6, 6.07) is 22.3. The van der Waals surface area contributed by atoms with Gasteiger partial charge in [-0.25, -0.2) is 9.69 Å². The lowest BCUT2D eigenvalue weighted by molar-refractivity contribution is -0.122. The predicted molar refractivity (Wildman–Crippen MR) is 127 cm³/mol. The van der Waals surface area contributed by atoms with Crippen LogP contribution in [0, 0.1) is 6.92 Å². The minimum Gasteiger partial charge on any atom is -0.273 e. The molecule has 32 heavy (non-hydrogen) atoms. The van der Waals surface area contributed by atoms with Crippen LogP contribution in [0.25, 0.3) is 6.08 Å². The Kier molecular flexibility index (Phi) is 6.23. The van der Waals surface area contributed by atoms with E-state index in [0.717, 1.165) is 20.3 Å². The lowest BCUT2D eigenvalue weighted by atomic mass is 10.0. The van der Waals surface area contributed by atoms with E-state index < -0.39 is 17.8 Å². The molecule has 4 rings (SSSR count). The molecule has 1 heterocycles. The van der Waals surface area contributed by atoms with Crippen LogP contribution in [0.5, 0.6) is 0 Å². The van der Waals surface area contributed by atoms with Gasteiger partial charge in [0.25, 0.3) is 11.8 Å². The molecule has 6 heteroatoms. The van der Waals surface area contributed by atoms with Crippen molar-refractivity contribution in [3.63, 3.8) is 0 Å². The topological polar surface area (TPSA) is 66.5 Å². The molecule has 1 N–H and O–H groups in total. The van der Waals surface area contributed by atoms with Crippen molar-refractivity contribution in [1.82, 2.24) is 5.32 Å². The molecule has 3 aromatic rings. The number of para-hydroxylation sites is 1. The van der Waals surface area contributed by atoms with Crippen LogP contribution in [0.15, 0.2) is 88.2 Å². The third-order valence-electron chi connectivity index (χ3n) is 5.16. The van der Waals surface area contributed by atoms with Crippen LogP contribution in [0.2, 0.25) is 0 Å². The highest BCUT2D eigenvalue weighted by atomic mass is 32.2. The minimum absolute atomic E-state index is 0.0746. The van der Waals surface area contributed by atoms with Crippen molar-refractivity contribution in [2.45, 2.75) is 30.1 Å². The molecule has 0 spiro atoms. The molecule has 0 aliphatic carbocycles. The van der Waals surface area contributed by atoms with Gasteiger partial charge in [0.05, 0.1) is 5.69 Å². The highest BCUT2D eigenvalue weighted by Gasteiger charge is 2.37. The van der Waals surface area contributed by atoms with E-state index in [1.54, 1.807) is 23.9 Å². The number of imide groups is 2. The molecule has 0 saturated carbocycles. The zero-order valence-corrected chi connectivity index (χ0v) is 18.6. The number of rotatable bonds is 5. The number of aryl methyl sites for hydroxylation is 2. The van der Waals surface area contributed by atoms with Crippen molar-refractivity contribution >= 4 is 41.4 Å². The average molecular weight is 443 g/mol. The Hall–Kier alpha value is -3.64. The smallest absolute Gasteiger partial charge is 0.273 e. The maximum Gasteiger partial charge on any atom is 0.335 e. The first-order valence-electron chi connectivity index (χ1n) is 10.3. The molecule has 1 fully saturated rings. The summed E-state index contributed by atoms with van der Waals surface area (Å²) >= 11 is 1.63. The molecule has 1 aliphatic rings. The number of benzene rings is 3. The van der Waals surface area contributed by atoms with Crippen LogP contribution in [0.3, 0.4) is 0 Å². The summed E-state index contributed by atoms with van der Waals surface area (Å²) in [5, 5.41) is 2.28. The molecule has 160 valence electrons. The van der Waals surface area contributed by atoms with E-state index in [0.29, 0.717) is 17.7 Å². The third kappa shape index (κ3) is 4.50. The number of nitrogens with zero attached hydrogens (tertiary/aromatic N) is 1. The molecule has 0 bridgehead atoms. The average Bonchev–Trinajstić information content (AvgIpc) is 2.79. The summed E-state index contributed by atoms with van der Waals surface area (Å²) in [6.45, 7) is 4.00. The van der Waals surface area contributed by atoms with Crippen LogP contribution >= 0.6 is 11.8 Å². The highest BCUT2D eigenvalue weighted by molar-refractivity contribution is 7.99. The van der Waals surface area contributed by atoms with E-state index in [2.05, 4.69) is 36.5 Å². The van der Waals surface area contributed by atoms with Gasteiger partial charge in [0.1, 0.15) is 5.57 Å². The van der Waals surface area contributed by atoms with E-state index in [4.69, 9.17) is 0 Å². The number of nitrogens with one attached hydrogen (secondary N) is 1. The summed E-state index contributed by atoms with van der Waals surface area (Å²) in [5.74, 6) is -1.32. The summed E-state index contributed by atoms with van der Waals surface area (Å²) in [5.41, 5.74) is 3.17. The van der Waals surface area contributed by atoms with Crippen molar-refractivity contribution in [2.75, 3.05) is 4.90 Å². The van der Waals surface area contributed by atoms with Gasteiger partial charge >= 0.3 is 6.03 Å². The summed E-state index contributed by atoms with van der Waals surface area (Å²) < 4.78 is 0. The Bertz CT molecular complexity index is 1210. The van der Waals surface area contributed by atoms with E-state index in [1.165, 1.54) is 11.6 Å². The molecule has 3 aromatic carbocycles. The van der Waals surface area contributed by atoms with Crippen molar-refractivity contribution < 1.29 is 14.4 Å². The normalized spacial score (nSPS) is 15.2. The number of hydrogen-bond acceptors (Lipinski definition) is 4. The fraction of sp³-hybridized carbons (Fsp3) is 0.115. The van der Waals surface area contributed by atoms with Crippen molar-refractivity contribution in [3.8, 4) is 0 Å². The number of carbonyl (C=O) groups excluding carboxylic acids is 3. The number of urea groups is 1. The van der Waals surface area contributed by atoms with Crippen LogP contribution < -0.4 is 10.2 Å². The molecular weight excluding hydrogens is 420 g/mol. The van der Waals surface area contributed by atoms with Crippen molar-refractivity contribution in [1.29, 1.82) is 0 Å². The van der Waals surface area contributed by atoms with E-state index >= 15 is 0 Å². The summed E-state index contributed by atoms with van der Waals surface area (Å²) in [4.78, 5) is 41.2. The van der Waals surface area contributed by atoms with E-state index in [-0.39, 0.29) is 5.57 Å². The number of anilines is 1. The van der Waals surface area contributed by atoms with Gasteiger partial charge in [-0.3, -0.25) is 14.9 Å². The number of barbiturate groups is 1. The van der Waals surface area contributed by atoms with Crippen LogP contribution in [0.4, 0.5) is 10.5 Å². The zero-order valence-electron chi connectivity index (χ0n) is 17.8. The number of amides is 4. The predicted octanol–water partition coefficient (Wildman–Crippen LogP) is 5.38. The van der Waals surface area contributed by atoms with Crippen LogP contribution in [-0.4, -0.2) is 17.8 Å². The quantitative estimate of drug-likeness (QED) is 0.426. The molecule has 5 nitrogen and oxygen atoms in total. The monoisotopic (exact) mass is 442 g/mol. The third-order valence-corrected chi connectivity index (χ3v) is 6.18. The first-order chi connectivity index (χ1) is 15.5. The SMILES string of the molecule is CCc1ccccc1N1C(=O)NC(=O)/C(=C\c2ccc(Sc3ccc(C)cc3)cc2)C1=O. The Balaban J connectivity index is 1.59. The zero-order chi connectivity index (χ0) is 22.7. The Labute approximate surface area is 191 Å². The first-order valence-corrected chi connectivity index (χ1v) is 11.1. The molecule has 1 saturated heterocycles. The second kappa shape index (κ2) is 9.24. The van der Waals surface area contributed by atoms with Gasteiger partial charge in [-0.05, 0) is 60.9 Å². The number of hydrogen-bond donors (Lipinski definition) is 1. The van der Waals surface area contributed by atoms with Gasteiger partial charge in [0, 0.05) is 9.79 Å². The lowest BCUT2D eigenvalue weighted by Crippen LogP contribution is -2.54. The lowest BCUT2D eigenvalue weighted by Gasteiger charge is -2.27. The number of carbonyl (C=O) groups is 3. The Morgan fingerprint density at radius 2 is 1.50 bits per heavy atom. The molecule has 4 amide bonds. The Morgan fingerprint density at radius 1 is 0.875 bits per heavy atom. The van der Waals surface area contributed by atoms with Gasteiger partial charge in [0.2, 0.25) is 0 Å². The summed E-state index contributed by atoms with van der Waals surface area (Å²) in [7, 11) is 0. The van der Waals surface area contributed by atoms with Crippen LogP contribution in [0.1, 0.15) is 23.6 Å². The fourth-order valence-electron chi connectivity index (χ4n) is 3.45. The molecule has 0 aromatic heterocycles. The van der Waals surface area contributed by atoms with Gasteiger partial charge in [0.15, 0.2) is 0 Å². The van der Waals surface area contributed by atoms with Gasteiger partial charge in [-0.1, -0.05) is 66.7 Å². The Morgan fingerprint density at radius 3 is 2.16 bits per heavy atom. The van der Waals surface area contributed by atoms with Gasteiger partial charge in [-0.15, -0.1) is 0 Å².